The Bertz CT molecular complexity index is 580. The molecule has 94 valence electrons. The van der Waals surface area contributed by atoms with E-state index in [1.54, 1.807) is 23.6 Å². The average molecular weight is 303 g/mol. The number of carboxylic acid groups (broad SMARTS) is 1. The summed E-state index contributed by atoms with van der Waals surface area (Å²) >= 11 is 13.0. The molecule has 1 aromatic carbocycles. The number of ether oxygens (including phenoxy) is 1. The summed E-state index contributed by atoms with van der Waals surface area (Å²) < 4.78 is 5.46. The number of hydrogen-bond donors (Lipinski definition) is 1. The van der Waals surface area contributed by atoms with Crippen molar-refractivity contribution in [3.63, 3.8) is 0 Å². The zero-order valence-corrected chi connectivity index (χ0v) is 11.4. The van der Waals surface area contributed by atoms with Crippen LogP contribution >= 0.6 is 34.5 Å². The van der Waals surface area contributed by atoms with Crippen LogP contribution < -0.4 is 4.74 Å². The predicted octanol–water partition coefficient (Wildman–Crippen LogP) is 4.33. The highest BCUT2D eigenvalue weighted by atomic mass is 35.5. The van der Waals surface area contributed by atoms with Crippen molar-refractivity contribution in [1.29, 1.82) is 0 Å². The molecular formula is C12H8Cl2O3S. The van der Waals surface area contributed by atoms with Crippen LogP contribution in [0.25, 0.3) is 0 Å². The number of hydrogen-bond acceptors (Lipinski definition) is 3. The second-order valence-corrected chi connectivity index (χ2v) is 5.23. The zero-order chi connectivity index (χ0) is 13.1. The maximum absolute atomic E-state index is 10.7. The Morgan fingerprint density at radius 3 is 2.78 bits per heavy atom. The normalized spacial score (nSPS) is 10.3. The summed E-state index contributed by atoms with van der Waals surface area (Å²) in [5.74, 6) is -0.455. The summed E-state index contributed by atoms with van der Waals surface area (Å²) in [6.07, 6.45) is 0. The van der Waals surface area contributed by atoms with Crippen molar-refractivity contribution in [2.24, 2.45) is 0 Å². The van der Waals surface area contributed by atoms with Crippen LogP contribution in [0.3, 0.4) is 0 Å². The van der Waals surface area contributed by atoms with E-state index in [2.05, 4.69) is 0 Å². The summed E-state index contributed by atoms with van der Waals surface area (Å²) in [6, 6.07) is 6.58. The second kappa shape index (κ2) is 5.61. The first kappa shape index (κ1) is 13.2. The lowest BCUT2D eigenvalue weighted by Crippen LogP contribution is -1.96. The Kier molecular flexibility index (Phi) is 4.11. The van der Waals surface area contributed by atoms with Gasteiger partial charge in [-0.3, -0.25) is 0 Å². The predicted molar refractivity (Wildman–Crippen MR) is 72.1 cm³/mol. The second-order valence-electron chi connectivity index (χ2n) is 3.48. The van der Waals surface area contributed by atoms with Crippen LogP contribution in [0.5, 0.6) is 5.75 Å². The molecule has 1 heterocycles. The minimum absolute atomic E-state index is 0.238. The van der Waals surface area contributed by atoms with Crippen molar-refractivity contribution in [3.05, 3.63) is 50.1 Å². The van der Waals surface area contributed by atoms with Crippen LogP contribution in [0.1, 0.15) is 15.2 Å². The van der Waals surface area contributed by atoms with Gasteiger partial charge >= 0.3 is 5.97 Å². The van der Waals surface area contributed by atoms with Crippen LogP contribution in [0.15, 0.2) is 29.6 Å². The van der Waals surface area contributed by atoms with Crippen molar-refractivity contribution < 1.29 is 14.6 Å². The van der Waals surface area contributed by atoms with Gasteiger partial charge in [-0.25, -0.2) is 4.79 Å². The highest BCUT2D eigenvalue weighted by Gasteiger charge is 2.08. The van der Waals surface area contributed by atoms with E-state index in [9.17, 15) is 4.79 Å². The highest BCUT2D eigenvalue weighted by molar-refractivity contribution is 7.12. The lowest BCUT2D eigenvalue weighted by Gasteiger charge is -2.06. The summed E-state index contributed by atoms with van der Waals surface area (Å²) in [5, 5.41) is 11.6. The quantitative estimate of drug-likeness (QED) is 0.914. The fourth-order valence-corrected chi connectivity index (χ4v) is 2.35. The van der Waals surface area contributed by atoms with Gasteiger partial charge in [0, 0.05) is 27.1 Å². The number of benzene rings is 1. The van der Waals surface area contributed by atoms with Gasteiger partial charge < -0.3 is 9.84 Å². The van der Waals surface area contributed by atoms with E-state index in [1.807, 2.05) is 0 Å². The number of carboxylic acids is 1. The first-order valence-corrected chi connectivity index (χ1v) is 6.58. The Morgan fingerprint density at radius 2 is 2.11 bits per heavy atom. The molecule has 0 spiro atoms. The summed E-state index contributed by atoms with van der Waals surface area (Å²) in [5.41, 5.74) is 0.757. The SMILES string of the molecule is O=C(O)c1cc(OCc2cc(Cl)ccc2Cl)cs1. The summed E-state index contributed by atoms with van der Waals surface area (Å²) in [4.78, 5) is 10.9. The molecule has 6 heteroatoms. The molecule has 0 bridgehead atoms. The molecule has 0 radical (unpaired) electrons. The van der Waals surface area contributed by atoms with Crippen molar-refractivity contribution in [3.8, 4) is 5.75 Å². The van der Waals surface area contributed by atoms with Crippen LogP contribution in [0, 0.1) is 0 Å². The largest absolute Gasteiger partial charge is 0.488 e. The number of carbonyl (C=O) groups is 1. The molecular weight excluding hydrogens is 295 g/mol. The van der Waals surface area contributed by atoms with Crippen molar-refractivity contribution in [2.75, 3.05) is 0 Å². The lowest BCUT2D eigenvalue weighted by molar-refractivity contribution is 0.0702. The highest BCUT2D eigenvalue weighted by Crippen LogP contribution is 2.25. The molecule has 0 aliphatic rings. The maximum atomic E-state index is 10.7. The summed E-state index contributed by atoms with van der Waals surface area (Å²) in [7, 11) is 0. The van der Waals surface area contributed by atoms with Gasteiger partial charge in [0.1, 0.15) is 17.2 Å². The third kappa shape index (κ3) is 3.16. The molecule has 2 rings (SSSR count). The van der Waals surface area contributed by atoms with Gasteiger partial charge in [0.2, 0.25) is 0 Å². The van der Waals surface area contributed by atoms with E-state index in [0.717, 1.165) is 16.9 Å². The van der Waals surface area contributed by atoms with E-state index in [-0.39, 0.29) is 11.5 Å². The molecule has 0 aliphatic heterocycles. The Labute approximate surface area is 118 Å². The van der Waals surface area contributed by atoms with E-state index < -0.39 is 5.97 Å². The van der Waals surface area contributed by atoms with E-state index >= 15 is 0 Å². The molecule has 2 aromatic rings. The first-order chi connectivity index (χ1) is 8.56. The zero-order valence-electron chi connectivity index (χ0n) is 9.02. The smallest absolute Gasteiger partial charge is 0.346 e. The Hall–Kier alpha value is -1.23. The number of aromatic carboxylic acids is 1. The molecule has 18 heavy (non-hydrogen) atoms. The van der Waals surface area contributed by atoms with E-state index in [4.69, 9.17) is 33.0 Å². The van der Waals surface area contributed by atoms with Gasteiger partial charge in [0.05, 0.1) is 0 Å². The van der Waals surface area contributed by atoms with Crippen molar-refractivity contribution in [2.45, 2.75) is 6.61 Å². The average Bonchev–Trinajstić information content (AvgIpc) is 2.79. The van der Waals surface area contributed by atoms with Gasteiger partial charge in [0.25, 0.3) is 0 Å². The van der Waals surface area contributed by atoms with Gasteiger partial charge in [-0.2, -0.15) is 0 Å². The summed E-state index contributed by atoms with van der Waals surface area (Å²) in [6.45, 7) is 0.245. The van der Waals surface area contributed by atoms with E-state index in [1.165, 1.54) is 6.07 Å². The van der Waals surface area contributed by atoms with Crippen molar-refractivity contribution >= 4 is 40.5 Å². The third-order valence-corrected chi connectivity index (χ3v) is 3.69. The molecule has 3 nitrogen and oxygen atoms in total. The van der Waals surface area contributed by atoms with Gasteiger partial charge in [-0.05, 0) is 18.2 Å². The third-order valence-electron chi connectivity index (χ3n) is 2.19. The molecule has 0 saturated carbocycles. The van der Waals surface area contributed by atoms with Gasteiger partial charge in [-0.1, -0.05) is 23.2 Å². The Morgan fingerprint density at radius 1 is 1.33 bits per heavy atom. The van der Waals surface area contributed by atoms with Crippen LogP contribution in [0.2, 0.25) is 10.0 Å². The fourth-order valence-electron chi connectivity index (χ4n) is 1.32. The van der Waals surface area contributed by atoms with Gasteiger partial charge in [-0.15, -0.1) is 11.3 Å². The minimum Gasteiger partial charge on any atom is -0.488 e. The first-order valence-electron chi connectivity index (χ1n) is 4.95. The van der Waals surface area contributed by atoms with E-state index in [0.29, 0.717) is 15.8 Å². The minimum atomic E-state index is -0.962. The molecule has 0 atom stereocenters. The van der Waals surface area contributed by atoms with Crippen molar-refractivity contribution in [1.82, 2.24) is 0 Å². The standard InChI is InChI=1S/C12H8Cl2O3S/c13-8-1-2-10(14)7(3-8)5-17-9-4-11(12(15)16)18-6-9/h1-4,6H,5H2,(H,15,16). The fraction of sp³-hybridized carbons (Fsp3) is 0.0833. The molecule has 1 N–H and O–H groups in total. The molecule has 1 aromatic heterocycles. The van der Waals surface area contributed by atoms with Crippen LogP contribution in [-0.4, -0.2) is 11.1 Å². The molecule has 0 aliphatic carbocycles. The number of thiophene rings is 1. The van der Waals surface area contributed by atoms with Crippen LogP contribution in [-0.2, 0) is 6.61 Å². The number of halogens is 2. The molecule has 0 amide bonds. The Balaban J connectivity index is 2.06. The lowest BCUT2D eigenvalue weighted by atomic mass is 10.2. The molecule has 0 saturated heterocycles. The van der Waals surface area contributed by atoms with Gasteiger partial charge in [0.15, 0.2) is 0 Å². The monoisotopic (exact) mass is 302 g/mol. The number of rotatable bonds is 4. The molecule has 0 fully saturated rings. The van der Waals surface area contributed by atoms with Crippen LogP contribution in [0.4, 0.5) is 0 Å². The molecule has 0 unspecified atom stereocenters. The maximum Gasteiger partial charge on any atom is 0.346 e. The topological polar surface area (TPSA) is 46.5 Å².